The Hall–Kier alpha value is -5.80. The molecule has 0 spiro atoms. The van der Waals surface area contributed by atoms with Gasteiger partial charge in [-0.2, -0.15) is 0 Å². The van der Waals surface area contributed by atoms with Crippen molar-refractivity contribution in [2.24, 2.45) is 0 Å². The molecule has 2 heterocycles. The molecule has 3 nitrogen and oxygen atoms in total. The SMILES string of the molecule is CC1(C)c2ccccc2-c2c(N(c3ccc4c(c3)oc3ccccc34)c3cccc4oc5c6ccccc6ccc5c34)cccc21. The third-order valence-electron chi connectivity index (χ3n) is 10.1. The highest BCUT2D eigenvalue weighted by molar-refractivity contribution is 6.20. The van der Waals surface area contributed by atoms with E-state index in [1.807, 2.05) is 12.1 Å². The van der Waals surface area contributed by atoms with Crippen molar-refractivity contribution in [2.45, 2.75) is 19.3 Å². The van der Waals surface area contributed by atoms with Gasteiger partial charge in [0.2, 0.25) is 0 Å². The molecule has 0 radical (unpaired) electrons. The number of fused-ring (bicyclic) bond motifs is 11. The Labute approximate surface area is 265 Å². The number of anilines is 3. The van der Waals surface area contributed by atoms with E-state index in [1.54, 1.807) is 0 Å². The number of nitrogens with zero attached hydrogens (tertiary/aromatic N) is 1. The molecule has 0 aliphatic heterocycles. The van der Waals surface area contributed by atoms with Crippen molar-refractivity contribution >= 4 is 71.7 Å². The molecule has 0 amide bonds. The van der Waals surface area contributed by atoms with Crippen LogP contribution in [0.5, 0.6) is 0 Å². The molecule has 10 rings (SSSR count). The van der Waals surface area contributed by atoms with E-state index >= 15 is 0 Å². The number of para-hydroxylation sites is 1. The Morgan fingerprint density at radius 2 is 1.20 bits per heavy atom. The first-order valence-corrected chi connectivity index (χ1v) is 15.9. The highest BCUT2D eigenvalue weighted by Crippen LogP contribution is 2.55. The molecule has 218 valence electrons. The summed E-state index contributed by atoms with van der Waals surface area (Å²) < 4.78 is 13.1. The van der Waals surface area contributed by atoms with E-state index in [0.29, 0.717) is 0 Å². The average Bonchev–Trinajstić information content (AvgIpc) is 3.73. The van der Waals surface area contributed by atoms with Crippen molar-refractivity contribution in [3.05, 3.63) is 151 Å². The molecule has 3 heteroatoms. The summed E-state index contributed by atoms with van der Waals surface area (Å²) >= 11 is 0. The molecule has 46 heavy (non-hydrogen) atoms. The van der Waals surface area contributed by atoms with Gasteiger partial charge >= 0.3 is 0 Å². The zero-order chi connectivity index (χ0) is 30.6. The molecule has 0 atom stereocenters. The largest absolute Gasteiger partial charge is 0.456 e. The van der Waals surface area contributed by atoms with Crippen molar-refractivity contribution in [1.82, 2.24) is 0 Å². The van der Waals surface area contributed by atoms with Crippen molar-refractivity contribution in [2.75, 3.05) is 4.90 Å². The number of hydrogen-bond donors (Lipinski definition) is 0. The predicted molar refractivity (Wildman–Crippen MR) is 191 cm³/mol. The van der Waals surface area contributed by atoms with Crippen LogP contribution in [-0.2, 0) is 5.41 Å². The van der Waals surface area contributed by atoms with E-state index in [0.717, 1.165) is 66.3 Å². The maximum absolute atomic E-state index is 6.68. The van der Waals surface area contributed by atoms with Gasteiger partial charge in [0.1, 0.15) is 22.3 Å². The third kappa shape index (κ3) is 3.37. The third-order valence-corrected chi connectivity index (χ3v) is 10.1. The van der Waals surface area contributed by atoms with Crippen molar-refractivity contribution in [3.8, 4) is 11.1 Å². The molecule has 1 aliphatic rings. The zero-order valence-corrected chi connectivity index (χ0v) is 25.5. The van der Waals surface area contributed by atoms with E-state index in [4.69, 9.17) is 8.83 Å². The van der Waals surface area contributed by atoms with Gasteiger partial charge in [0, 0.05) is 44.3 Å². The lowest BCUT2D eigenvalue weighted by Crippen LogP contribution is -2.16. The maximum Gasteiger partial charge on any atom is 0.143 e. The molecule has 0 N–H and O–H groups in total. The van der Waals surface area contributed by atoms with Gasteiger partial charge in [-0.3, -0.25) is 0 Å². The minimum Gasteiger partial charge on any atom is -0.456 e. The molecular formula is C43H29NO2. The van der Waals surface area contributed by atoms with Gasteiger partial charge < -0.3 is 13.7 Å². The van der Waals surface area contributed by atoms with Crippen molar-refractivity contribution in [1.29, 1.82) is 0 Å². The second kappa shape index (κ2) is 9.12. The van der Waals surface area contributed by atoms with Gasteiger partial charge in [-0.15, -0.1) is 0 Å². The summed E-state index contributed by atoms with van der Waals surface area (Å²) in [7, 11) is 0. The summed E-state index contributed by atoms with van der Waals surface area (Å²) in [4.78, 5) is 2.41. The molecule has 0 unspecified atom stereocenters. The van der Waals surface area contributed by atoms with Crippen LogP contribution in [-0.4, -0.2) is 0 Å². The van der Waals surface area contributed by atoms with Crippen molar-refractivity contribution in [3.63, 3.8) is 0 Å². The summed E-state index contributed by atoms with van der Waals surface area (Å²) in [6, 6.07) is 49.8. The van der Waals surface area contributed by atoms with Crippen LogP contribution in [0.4, 0.5) is 17.1 Å². The number of benzene rings is 7. The first-order valence-electron chi connectivity index (χ1n) is 15.9. The summed E-state index contributed by atoms with van der Waals surface area (Å²) in [5, 5.41) is 6.73. The van der Waals surface area contributed by atoms with E-state index in [9.17, 15) is 0 Å². The van der Waals surface area contributed by atoms with Gasteiger partial charge in [0.05, 0.1) is 16.8 Å². The lowest BCUT2D eigenvalue weighted by atomic mass is 9.82. The normalized spacial score (nSPS) is 13.6. The number of furan rings is 2. The molecule has 1 aliphatic carbocycles. The van der Waals surface area contributed by atoms with E-state index in [2.05, 4.69) is 146 Å². The minimum atomic E-state index is -0.121. The molecular weight excluding hydrogens is 562 g/mol. The fourth-order valence-electron chi connectivity index (χ4n) is 7.90. The second-order valence-electron chi connectivity index (χ2n) is 12.9. The molecule has 0 fully saturated rings. The van der Waals surface area contributed by atoms with Crippen LogP contribution >= 0.6 is 0 Å². The van der Waals surface area contributed by atoms with Crippen LogP contribution < -0.4 is 4.90 Å². The van der Waals surface area contributed by atoms with E-state index < -0.39 is 0 Å². The van der Waals surface area contributed by atoms with Crippen LogP contribution in [0.25, 0.3) is 65.8 Å². The number of rotatable bonds is 3. The standard InChI is InChI=1S/C43H29NO2/c1-43(2)33-15-7-5-14-31(33)40-34(43)16-9-17-35(40)44(27-22-24-30-29-13-6-8-19-37(29)45-39(30)25-27)36-18-10-20-38-41(36)32-23-21-26-11-3-4-12-28(26)42(32)46-38/h3-25H,1-2H3. The second-order valence-corrected chi connectivity index (χ2v) is 12.9. The van der Waals surface area contributed by atoms with E-state index in [-0.39, 0.29) is 5.41 Å². The highest BCUT2D eigenvalue weighted by Gasteiger charge is 2.38. The Bertz CT molecular complexity index is 2690. The summed E-state index contributed by atoms with van der Waals surface area (Å²) in [6.45, 7) is 4.67. The molecule has 9 aromatic rings. The van der Waals surface area contributed by atoms with Gasteiger partial charge in [-0.25, -0.2) is 0 Å². The maximum atomic E-state index is 6.68. The van der Waals surface area contributed by atoms with E-state index in [1.165, 1.54) is 27.6 Å². The van der Waals surface area contributed by atoms with Gasteiger partial charge in [-0.05, 0) is 64.5 Å². The summed E-state index contributed by atoms with van der Waals surface area (Å²) in [5.74, 6) is 0. The monoisotopic (exact) mass is 591 g/mol. The Balaban J connectivity index is 1.32. The van der Waals surface area contributed by atoms with Gasteiger partial charge in [0.25, 0.3) is 0 Å². The molecule has 0 saturated carbocycles. The van der Waals surface area contributed by atoms with Crippen LogP contribution in [0.3, 0.4) is 0 Å². The smallest absolute Gasteiger partial charge is 0.143 e. The van der Waals surface area contributed by atoms with Crippen LogP contribution in [0.15, 0.2) is 148 Å². The van der Waals surface area contributed by atoms with Crippen molar-refractivity contribution < 1.29 is 8.83 Å². The van der Waals surface area contributed by atoms with Gasteiger partial charge in [0.15, 0.2) is 0 Å². The summed E-state index contributed by atoms with van der Waals surface area (Å²) in [6.07, 6.45) is 0. The molecule has 0 bridgehead atoms. The topological polar surface area (TPSA) is 29.5 Å². The molecule has 7 aromatic carbocycles. The van der Waals surface area contributed by atoms with Crippen LogP contribution in [0, 0.1) is 0 Å². The Morgan fingerprint density at radius 3 is 2.13 bits per heavy atom. The first kappa shape index (κ1) is 25.5. The highest BCUT2D eigenvalue weighted by atomic mass is 16.3. The predicted octanol–water partition coefficient (Wildman–Crippen LogP) is 12.4. The minimum absolute atomic E-state index is 0.121. The van der Waals surface area contributed by atoms with Crippen LogP contribution in [0.2, 0.25) is 0 Å². The lowest BCUT2D eigenvalue weighted by Gasteiger charge is -2.29. The Kier molecular flexibility index (Phi) is 5.06. The fraction of sp³-hybridized carbons (Fsp3) is 0.0698. The lowest BCUT2D eigenvalue weighted by molar-refractivity contribution is 0.660. The fourth-order valence-corrected chi connectivity index (χ4v) is 7.90. The molecule has 2 aromatic heterocycles. The average molecular weight is 592 g/mol. The molecule has 0 saturated heterocycles. The Morgan fingerprint density at radius 1 is 0.500 bits per heavy atom. The summed E-state index contributed by atoms with van der Waals surface area (Å²) in [5.41, 5.74) is 11.9. The van der Waals surface area contributed by atoms with Gasteiger partial charge in [-0.1, -0.05) is 105 Å². The van der Waals surface area contributed by atoms with Crippen LogP contribution in [0.1, 0.15) is 25.0 Å². The number of hydrogen-bond acceptors (Lipinski definition) is 3. The first-order chi connectivity index (χ1) is 22.6. The quantitative estimate of drug-likeness (QED) is 0.205. The zero-order valence-electron chi connectivity index (χ0n) is 25.5.